The Kier molecular flexibility index (Phi) is 8.74. The molecule has 4 unspecified atom stereocenters. The predicted molar refractivity (Wildman–Crippen MR) is 78.2 cm³/mol. The number of hydrogen-bond acceptors (Lipinski definition) is 6. The first kappa shape index (κ1) is 22.8. The van der Waals surface area contributed by atoms with Gasteiger partial charge in [0.25, 0.3) is 0 Å². The van der Waals surface area contributed by atoms with Gasteiger partial charge in [-0.2, -0.15) is 0 Å². The lowest BCUT2D eigenvalue weighted by molar-refractivity contribution is -0.165. The molecule has 0 saturated heterocycles. The predicted octanol–water partition coefficient (Wildman–Crippen LogP) is -0.481. The van der Waals surface area contributed by atoms with E-state index < -0.39 is 85.2 Å². The molecule has 0 aliphatic carbocycles. The minimum Gasteiger partial charge on any atom is -0.481 e. The van der Waals surface area contributed by atoms with E-state index in [9.17, 15) is 39.0 Å². The summed E-state index contributed by atoms with van der Waals surface area (Å²) in [7, 11) is 0. The molecule has 6 N–H and O–H groups in total. The maximum atomic E-state index is 11.4. The molecule has 0 bridgehead atoms. The maximum absolute atomic E-state index is 11.4. The highest BCUT2D eigenvalue weighted by molar-refractivity contribution is 5.88. The van der Waals surface area contributed by atoms with Crippen LogP contribution in [0.25, 0.3) is 0 Å². The van der Waals surface area contributed by atoms with Crippen LogP contribution in [0.4, 0.5) is 0 Å². The lowest BCUT2D eigenvalue weighted by atomic mass is 9.75. The highest BCUT2D eigenvalue weighted by Gasteiger charge is 2.45. The van der Waals surface area contributed by atoms with Crippen molar-refractivity contribution in [1.29, 1.82) is 0 Å². The Bertz CT molecular complexity index is 595. The van der Waals surface area contributed by atoms with Crippen LogP contribution in [0.5, 0.6) is 0 Å². The highest BCUT2D eigenvalue weighted by Crippen LogP contribution is 2.32. The zero-order valence-electron chi connectivity index (χ0n) is 13.3. The number of carbonyl (C=O) groups is 6. The fourth-order valence-corrected chi connectivity index (χ4v) is 2.53. The molecule has 0 radical (unpaired) electrons. The second kappa shape index (κ2) is 9.96. The molecule has 0 aromatic carbocycles. The molecule has 0 aliphatic rings. The SMILES string of the molecule is O=C(O)CCC(CC(C(=O)O)C(C(=O)O)C(CC(=O)O)C(=O)O)C(=O)O. The molecule has 12 nitrogen and oxygen atoms in total. The van der Waals surface area contributed by atoms with E-state index in [1.54, 1.807) is 0 Å². The topological polar surface area (TPSA) is 224 Å². The second-order valence-electron chi connectivity index (χ2n) is 5.55. The van der Waals surface area contributed by atoms with Crippen molar-refractivity contribution in [2.75, 3.05) is 0 Å². The Hall–Kier alpha value is -3.18. The molecule has 0 aliphatic heterocycles. The molecule has 0 saturated carbocycles. The Morgan fingerprint density at radius 1 is 0.615 bits per heavy atom. The molecular weight excluding hydrogens is 360 g/mol. The van der Waals surface area contributed by atoms with Crippen LogP contribution >= 0.6 is 0 Å². The molecule has 146 valence electrons. The maximum Gasteiger partial charge on any atom is 0.308 e. The Balaban J connectivity index is 5.78. The van der Waals surface area contributed by atoms with Crippen LogP contribution in [0.3, 0.4) is 0 Å². The van der Waals surface area contributed by atoms with E-state index >= 15 is 0 Å². The summed E-state index contributed by atoms with van der Waals surface area (Å²) in [5, 5.41) is 54.0. The molecule has 0 fully saturated rings. The zero-order valence-corrected chi connectivity index (χ0v) is 13.3. The van der Waals surface area contributed by atoms with Gasteiger partial charge in [0, 0.05) is 6.42 Å². The first-order valence-electron chi connectivity index (χ1n) is 7.23. The van der Waals surface area contributed by atoms with Gasteiger partial charge in [-0.1, -0.05) is 0 Å². The summed E-state index contributed by atoms with van der Waals surface area (Å²) in [4.78, 5) is 66.6. The van der Waals surface area contributed by atoms with Crippen LogP contribution in [0, 0.1) is 23.7 Å². The van der Waals surface area contributed by atoms with Crippen molar-refractivity contribution in [2.45, 2.75) is 25.7 Å². The van der Waals surface area contributed by atoms with Gasteiger partial charge in [-0.3, -0.25) is 28.8 Å². The van der Waals surface area contributed by atoms with Gasteiger partial charge in [-0.05, 0) is 12.8 Å². The number of carboxylic acids is 6. The van der Waals surface area contributed by atoms with E-state index in [0.717, 1.165) is 0 Å². The van der Waals surface area contributed by atoms with Crippen LogP contribution in [0.15, 0.2) is 0 Å². The molecular formula is C14H18O12. The summed E-state index contributed by atoms with van der Waals surface area (Å²) in [6.45, 7) is 0. The van der Waals surface area contributed by atoms with Gasteiger partial charge < -0.3 is 30.6 Å². The first-order valence-corrected chi connectivity index (χ1v) is 7.23. The number of rotatable bonds is 13. The third-order valence-corrected chi connectivity index (χ3v) is 3.78. The zero-order chi connectivity index (χ0) is 20.6. The third kappa shape index (κ3) is 7.15. The summed E-state index contributed by atoms with van der Waals surface area (Å²) < 4.78 is 0. The normalized spacial score (nSPS) is 15.2. The molecule has 0 rings (SSSR count). The van der Waals surface area contributed by atoms with E-state index in [4.69, 9.17) is 20.4 Å². The first-order chi connectivity index (χ1) is 11.9. The number of carboxylic acid groups (broad SMARTS) is 6. The van der Waals surface area contributed by atoms with Crippen molar-refractivity contribution in [3.05, 3.63) is 0 Å². The van der Waals surface area contributed by atoms with Gasteiger partial charge >= 0.3 is 35.8 Å². The summed E-state index contributed by atoms with van der Waals surface area (Å²) in [6, 6.07) is 0. The fraction of sp³-hybridized carbons (Fsp3) is 0.571. The summed E-state index contributed by atoms with van der Waals surface area (Å²) in [5.41, 5.74) is 0. The standard InChI is InChI=1S/C14H18O12/c15-8(16)2-1-5(11(19)20)3-6(12(21)22)10(14(25)26)7(13(23)24)4-9(17)18/h5-7,10H,1-4H2,(H,15,16)(H,17,18)(H,19,20)(H,21,22)(H,23,24)(H,25,26). The number of aliphatic carboxylic acids is 6. The van der Waals surface area contributed by atoms with Gasteiger partial charge in [0.1, 0.15) is 0 Å². The minimum atomic E-state index is -2.22. The summed E-state index contributed by atoms with van der Waals surface area (Å²) in [5.74, 6) is -18.1. The van der Waals surface area contributed by atoms with Crippen molar-refractivity contribution >= 4 is 35.8 Å². The van der Waals surface area contributed by atoms with Crippen LogP contribution < -0.4 is 0 Å². The number of hydrogen-bond donors (Lipinski definition) is 6. The Labute approximate surface area is 145 Å². The van der Waals surface area contributed by atoms with E-state index in [-0.39, 0.29) is 0 Å². The fourth-order valence-electron chi connectivity index (χ4n) is 2.53. The molecule has 4 atom stereocenters. The monoisotopic (exact) mass is 378 g/mol. The molecule has 0 aromatic heterocycles. The molecule has 0 amide bonds. The van der Waals surface area contributed by atoms with Gasteiger partial charge in [-0.15, -0.1) is 0 Å². The smallest absolute Gasteiger partial charge is 0.308 e. The average molecular weight is 378 g/mol. The van der Waals surface area contributed by atoms with Crippen LogP contribution in [-0.2, 0) is 28.8 Å². The molecule has 0 spiro atoms. The summed E-state index contributed by atoms with van der Waals surface area (Å²) in [6.07, 6.45) is -3.17. The second-order valence-corrected chi connectivity index (χ2v) is 5.55. The van der Waals surface area contributed by atoms with Crippen molar-refractivity contribution in [3.63, 3.8) is 0 Å². The van der Waals surface area contributed by atoms with E-state index in [2.05, 4.69) is 0 Å². The van der Waals surface area contributed by atoms with Crippen LogP contribution in [0.2, 0.25) is 0 Å². The lowest BCUT2D eigenvalue weighted by Crippen LogP contribution is -2.41. The van der Waals surface area contributed by atoms with E-state index in [0.29, 0.717) is 0 Å². The van der Waals surface area contributed by atoms with E-state index in [1.165, 1.54) is 0 Å². The van der Waals surface area contributed by atoms with Gasteiger partial charge in [-0.25, -0.2) is 0 Å². The minimum absolute atomic E-state index is 0.503. The molecule has 26 heavy (non-hydrogen) atoms. The highest BCUT2D eigenvalue weighted by atomic mass is 16.4. The van der Waals surface area contributed by atoms with Crippen LogP contribution in [-0.4, -0.2) is 66.5 Å². The quantitative estimate of drug-likeness (QED) is 0.239. The Morgan fingerprint density at radius 3 is 1.42 bits per heavy atom. The summed E-state index contributed by atoms with van der Waals surface area (Å²) >= 11 is 0. The average Bonchev–Trinajstić information content (AvgIpc) is 2.46. The van der Waals surface area contributed by atoms with Gasteiger partial charge in [0.15, 0.2) is 0 Å². The lowest BCUT2D eigenvalue weighted by Gasteiger charge is -2.26. The van der Waals surface area contributed by atoms with E-state index in [1.807, 2.05) is 0 Å². The van der Waals surface area contributed by atoms with Crippen molar-refractivity contribution in [1.82, 2.24) is 0 Å². The molecule has 0 heterocycles. The van der Waals surface area contributed by atoms with Gasteiger partial charge in [0.05, 0.1) is 30.1 Å². The third-order valence-electron chi connectivity index (χ3n) is 3.78. The molecule has 0 aromatic rings. The largest absolute Gasteiger partial charge is 0.481 e. The van der Waals surface area contributed by atoms with Crippen molar-refractivity contribution < 1.29 is 59.4 Å². The van der Waals surface area contributed by atoms with Crippen molar-refractivity contribution in [2.24, 2.45) is 23.7 Å². The Morgan fingerprint density at radius 2 is 1.12 bits per heavy atom. The van der Waals surface area contributed by atoms with Crippen molar-refractivity contribution in [3.8, 4) is 0 Å². The van der Waals surface area contributed by atoms with Crippen LogP contribution in [0.1, 0.15) is 25.7 Å². The van der Waals surface area contributed by atoms with Gasteiger partial charge in [0.2, 0.25) is 0 Å². The molecule has 12 heteroatoms.